The Bertz CT molecular complexity index is 858. The highest BCUT2D eigenvalue weighted by Crippen LogP contribution is 2.19. The van der Waals surface area contributed by atoms with E-state index in [1.54, 1.807) is 24.5 Å². The van der Waals surface area contributed by atoms with Gasteiger partial charge in [0, 0.05) is 48.5 Å². The summed E-state index contributed by atoms with van der Waals surface area (Å²) in [5, 5.41) is 6.57. The Kier molecular flexibility index (Phi) is 4.56. The van der Waals surface area contributed by atoms with Crippen molar-refractivity contribution in [2.24, 2.45) is 0 Å². The number of anilines is 1. The molecule has 3 N–H and O–H groups in total. The standard InChI is InChI=1S/C18H18N4O2/c1-12(23)21-17(18(24)22-14-6-8-19-9-7-14)10-13-11-20-16-5-3-2-4-15(13)16/h2-9,11,17,20H,10H2,1H3,(H,21,23)(H,19,22,24). The van der Waals surface area contributed by atoms with Crippen molar-refractivity contribution in [2.45, 2.75) is 19.4 Å². The second-order valence-electron chi connectivity index (χ2n) is 5.54. The van der Waals surface area contributed by atoms with Gasteiger partial charge >= 0.3 is 0 Å². The molecule has 1 atom stereocenters. The van der Waals surface area contributed by atoms with Crippen LogP contribution in [-0.4, -0.2) is 27.8 Å². The first kappa shape index (κ1) is 15.7. The molecular formula is C18H18N4O2. The molecule has 0 aliphatic carbocycles. The molecular weight excluding hydrogens is 304 g/mol. The number of para-hydroxylation sites is 1. The van der Waals surface area contributed by atoms with Gasteiger partial charge in [0.05, 0.1) is 0 Å². The Morgan fingerprint density at radius 1 is 1.17 bits per heavy atom. The van der Waals surface area contributed by atoms with E-state index in [2.05, 4.69) is 20.6 Å². The van der Waals surface area contributed by atoms with Crippen LogP contribution >= 0.6 is 0 Å². The zero-order chi connectivity index (χ0) is 16.9. The van der Waals surface area contributed by atoms with Crippen LogP contribution < -0.4 is 10.6 Å². The van der Waals surface area contributed by atoms with Crippen LogP contribution in [-0.2, 0) is 16.0 Å². The normalized spacial score (nSPS) is 11.9. The Balaban J connectivity index is 1.81. The van der Waals surface area contributed by atoms with Gasteiger partial charge in [0.25, 0.3) is 0 Å². The monoisotopic (exact) mass is 322 g/mol. The number of carbonyl (C=O) groups excluding carboxylic acids is 2. The van der Waals surface area contributed by atoms with Crippen molar-refractivity contribution in [1.29, 1.82) is 0 Å². The molecule has 24 heavy (non-hydrogen) atoms. The van der Waals surface area contributed by atoms with Crippen LogP contribution in [0.5, 0.6) is 0 Å². The molecule has 3 aromatic rings. The van der Waals surface area contributed by atoms with E-state index in [0.717, 1.165) is 16.5 Å². The summed E-state index contributed by atoms with van der Waals surface area (Å²) in [5.74, 6) is -0.508. The maximum atomic E-state index is 12.6. The molecule has 0 saturated carbocycles. The third kappa shape index (κ3) is 3.60. The largest absolute Gasteiger partial charge is 0.361 e. The first-order valence-corrected chi connectivity index (χ1v) is 7.66. The number of H-pyrrole nitrogens is 1. The highest BCUT2D eigenvalue weighted by molar-refractivity contribution is 5.97. The van der Waals surface area contributed by atoms with Gasteiger partial charge in [0.1, 0.15) is 6.04 Å². The van der Waals surface area contributed by atoms with Crippen LogP contribution in [0.4, 0.5) is 5.69 Å². The van der Waals surface area contributed by atoms with Crippen molar-refractivity contribution < 1.29 is 9.59 Å². The molecule has 0 saturated heterocycles. The third-order valence-electron chi connectivity index (χ3n) is 3.74. The van der Waals surface area contributed by atoms with Gasteiger partial charge in [0.15, 0.2) is 0 Å². The number of aromatic amines is 1. The predicted molar refractivity (Wildman–Crippen MR) is 92.5 cm³/mol. The zero-order valence-corrected chi connectivity index (χ0v) is 13.2. The molecule has 3 rings (SSSR count). The molecule has 0 aliphatic heterocycles. The lowest BCUT2D eigenvalue weighted by atomic mass is 10.0. The maximum absolute atomic E-state index is 12.6. The SMILES string of the molecule is CC(=O)NC(Cc1c[nH]c2ccccc12)C(=O)Nc1ccncc1. The van der Waals surface area contributed by atoms with Crippen LogP contribution in [0.25, 0.3) is 10.9 Å². The topological polar surface area (TPSA) is 86.9 Å². The molecule has 1 aromatic carbocycles. The van der Waals surface area contributed by atoms with Gasteiger partial charge in [-0.3, -0.25) is 14.6 Å². The number of rotatable bonds is 5. The van der Waals surface area contributed by atoms with Crippen molar-refractivity contribution in [3.05, 3.63) is 60.6 Å². The number of hydrogen-bond donors (Lipinski definition) is 3. The zero-order valence-electron chi connectivity index (χ0n) is 13.2. The highest BCUT2D eigenvalue weighted by atomic mass is 16.2. The Morgan fingerprint density at radius 3 is 2.67 bits per heavy atom. The van der Waals surface area contributed by atoms with Crippen molar-refractivity contribution >= 4 is 28.4 Å². The molecule has 0 fully saturated rings. The number of aromatic nitrogens is 2. The number of fused-ring (bicyclic) bond motifs is 1. The molecule has 6 nitrogen and oxygen atoms in total. The summed E-state index contributed by atoms with van der Waals surface area (Å²) in [6.07, 6.45) is 5.48. The van der Waals surface area contributed by atoms with Crippen LogP contribution in [0, 0.1) is 0 Å². The summed E-state index contributed by atoms with van der Waals surface area (Å²) >= 11 is 0. The van der Waals surface area contributed by atoms with Crippen molar-refractivity contribution in [1.82, 2.24) is 15.3 Å². The fraction of sp³-hybridized carbons (Fsp3) is 0.167. The van der Waals surface area contributed by atoms with E-state index in [1.807, 2.05) is 30.5 Å². The molecule has 2 aromatic heterocycles. The van der Waals surface area contributed by atoms with Crippen LogP contribution in [0.15, 0.2) is 55.0 Å². The summed E-state index contributed by atoms with van der Waals surface area (Å²) in [6, 6.07) is 10.6. The summed E-state index contributed by atoms with van der Waals surface area (Å²) < 4.78 is 0. The van der Waals surface area contributed by atoms with E-state index in [0.29, 0.717) is 12.1 Å². The predicted octanol–water partition coefficient (Wildman–Crippen LogP) is 2.25. The third-order valence-corrected chi connectivity index (χ3v) is 3.74. The fourth-order valence-electron chi connectivity index (χ4n) is 2.64. The minimum absolute atomic E-state index is 0.246. The van der Waals surface area contributed by atoms with Crippen LogP contribution in [0.3, 0.4) is 0 Å². The maximum Gasteiger partial charge on any atom is 0.247 e. The second kappa shape index (κ2) is 6.95. The van der Waals surface area contributed by atoms with Gasteiger partial charge in [-0.15, -0.1) is 0 Å². The van der Waals surface area contributed by atoms with E-state index >= 15 is 0 Å². The minimum atomic E-state index is -0.658. The van der Waals surface area contributed by atoms with E-state index < -0.39 is 6.04 Å². The molecule has 1 unspecified atom stereocenters. The molecule has 2 amide bonds. The summed E-state index contributed by atoms with van der Waals surface area (Å²) in [5.41, 5.74) is 2.63. The van der Waals surface area contributed by atoms with Gasteiger partial charge < -0.3 is 15.6 Å². The number of amides is 2. The molecule has 122 valence electrons. The average molecular weight is 322 g/mol. The van der Waals surface area contributed by atoms with E-state index in [4.69, 9.17) is 0 Å². The minimum Gasteiger partial charge on any atom is -0.361 e. The van der Waals surface area contributed by atoms with E-state index in [-0.39, 0.29) is 11.8 Å². The fourth-order valence-corrected chi connectivity index (χ4v) is 2.64. The van der Waals surface area contributed by atoms with Gasteiger partial charge in [-0.05, 0) is 23.8 Å². The Labute approximate surface area is 139 Å². The summed E-state index contributed by atoms with van der Waals surface area (Å²) in [7, 11) is 0. The van der Waals surface area contributed by atoms with E-state index in [1.165, 1.54) is 6.92 Å². The number of nitrogens with one attached hydrogen (secondary N) is 3. The lowest BCUT2D eigenvalue weighted by Crippen LogP contribution is -2.44. The lowest BCUT2D eigenvalue weighted by Gasteiger charge is -2.17. The molecule has 0 radical (unpaired) electrons. The van der Waals surface area contributed by atoms with Crippen molar-refractivity contribution in [3.8, 4) is 0 Å². The van der Waals surface area contributed by atoms with Gasteiger partial charge in [0.2, 0.25) is 11.8 Å². The molecule has 0 bridgehead atoms. The number of nitrogens with zero attached hydrogens (tertiary/aromatic N) is 1. The number of carbonyl (C=O) groups is 2. The number of hydrogen-bond acceptors (Lipinski definition) is 3. The average Bonchev–Trinajstić information content (AvgIpc) is 2.98. The van der Waals surface area contributed by atoms with Crippen molar-refractivity contribution in [2.75, 3.05) is 5.32 Å². The first-order chi connectivity index (χ1) is 11.6. The van der Waals surface area contributed by atoms with Crippen LogP contribution in [0.2, 0.25) is 0 Å². The highest BCUT2D eigenvalue weighted by Gasteiger charge is 2.21. The summed E-state index contributed by atoms with van der Waals surface area (Å²) in [6.45, 7) is 1.40. The molecule has 0 spiro atoms. The lowest BCUT2D eigenvalue weighted by molar-refractivity contribution is -0.125. The van der Waals surface area contributed by atoms with Gasteiger partial charge in [-0.1, -0.05) is 18.2 Å². The van der Waals surface area contributed by atoms with Crippen LogP contribution in [0.1, 0.15) is 12.5 Å². The number of benzene rings is 1. The second-order valence-corrected chi connectivity index (χ2v) is 5.54. The Morgan fingerprint density at radius 2 is 1.92 bits per heavy atom. The molecule has 6 heteroatoms. The van der Waals surface area contributed by atoms with Gasteiger partial charge in [-0.25, -0.2) is 0 Å². The van der Waals surface area contributed by atoms with Gasteiger partial charge in [-0.2, -0.15) is 0 Å². The summed E-state index contributed by atoms with van der Waals surface area (Å²) in [4.78, 5) is 31.1. The molecule has 2 heterocycles. The van der Waals surface area contributed by atoms with E-state index in [9.17, 15) is 9.59 Å². The molecule has 0 aliphatic rings. The number of pyridine rings is 1. The van der Waals surface area contributed by atoms with Crippen molar-refractivity contribution in [3.63, 3.8) is 0 Å². The Hall–Kier alpha value is -3.15. The first-order valence-electron chi connectivity index (χ1n) is 7.66. The smallest absolute Gasteiger partial charge is 0.247 e. The quantitative estimate of drug-likeness (QED) is 0.673.